The van der Waals surface area contributed by atoms with Crippen LogP contribution in [0.5, 0.6) is 0 Å². The molecule has 0 aliphatic carbocycles. The Morgan fingerprint density at radius 1 is 1.00 bits per heavy atom. The summed E-state index contributed by atoms with van der Waals surface area (Å²) in [5.41, 5.74) is 1.30. The molecule has 0 bridgehead atoms. The predicted octanol–water partition coefficient (Wildman–Crippen LogP) is 5.08. The van der Waals surface area contributed by atoms with Gasteiger partial charge in [0.1, 0.15) is 0 Å². The van der Waals surface area contributed by atoms with Crippen molar-refractivity contribution in [3.05, 3.63) is 70.3 Å². The smallest absolute Gasteiger partial charge is 0.258 e. The van der Waals surface area contributed by atoms with Gasteiger partial charge < -0.3 is 0 Å². The number of azo groups is 1. The molecule has 0 aromatic heterocycles. The van der Waals surface area contributed by atoms with E-state index >= 15 is 0 Å². The van der Waals surface area contributed by atoms with Gasteiger partial charge in [0.25, 0.3) is 5.69 Å². The van der Waals surface area contributed by atoms with Gasteiger partial charge in [0.15, 0.2) is 5.69 Å². The maximum atomic E-state index is 11.0. The van der Waals surface area contributed by atoms with Crippen molar-refractivity contribution in [3.8, 4) is 0 Å². The van der Waals surface area contributed by atoms with E-state index in [1.807, 2.05) is 30.3 Å². The molecule has 0 amide bonds. The van der Waals surface area contributed by atoms with Crippen LogP contribution in [0.1, 0.15) is 25.5 Å². The van der Waals surface area contributed by atoms with Crippen molar-refractivity contribution in [1.29, 1.82) is 0 Å². The fourth-order valence-electron chi connectivity index (χ4n) is 2.06. The molecule has 2 rings (SSSR count). The Hall–Kier alpha value is -2.56. The summed E-state index contributed by atoms with van der Waals surface area (Å²) in [4.78, 5) is 10.5. The van der Waals surface area contributed by atoms with Crippen molar-refractivity contribution in [2.75, 3.05) is 0 Å². The van der Waals surface area contributed by atoms with Gasteiger partial charge in [-0.2, -0.15) is 5.11 Å². The van der Waals surface area contributed by atoms with E-state index in [1.54, 1.807) is 18.2 Å². The molecule has 1 atom stereocenters. The van der Waals surface area contributed by atoms with Crippen LogP contribution < -0.4 is 0 Å². The predicted molar refractivity (Wildman–Crippen MR) is 81.6 cm³/mol. The Kier molecular flexibility index (Phi) is 4.77. The summed E-state index contributed by atoms with van der Waals surface area (Å²) >= 11 is 0. The van der Waals surface area contributed by atoms with Crippen LogP contribution in [0.15, 0.2) is 64.8 Å². The maximum absolute atomic E-state index is 11.0. The second kappa shape index (κ2) is 6.74. The summed E-state index contributed by atoms with van der Waals surface area (Å²) in [5, 5.41) is 19.4. The number of hydrogen-bond acceptors (Lipinski definition) is 4. The van der Waals surface area contributed by atoms with E-state index in [4.69, 9.17) is 0 Å². The van der Waals surface area contributed by atoms with Gasteiger partial charge in [-0.05, 0) is 17.5 Å². The maximum Gasteiger partial charge on any atom is 0.296 e. The molecule has 0 aliphatic heterocycles. The van der Waals surface area contributed by atoms with Crippen LogP contribution in [0.25, 0.3) is 0 Å². The van der Waals surface area contributed by atoms with Crippen LogP contribution in [0.4, 0.5) is 11.4 Å². The van der Waals surface area contributed by atoms with Crippen LogP contribution in [0.2, 0.25) is 0 Å². The van der Waals surface area contributed by atoms with Gasteiger partial charge in [0, 0.05) is 6.07 Å². The van der Waals surface area contributed by atoms with E-state index in [1.165, 1.54) is 6.07 Å². The lowest BCUT2D eigenvalue weighted by atomic mass is 9.97. The molecule has 108 valence electrons. The summed E-state index contributed by atoms with van der Waals surface area (Å²) in [7, 11) is 0. The van der Waals surface area contributed by atoms with Gasteiger partial charge in [-0.1, -0.05) is 56.3 Å². The normalized spacial score (nSPS) is 12.7. The highest BCUT2D eigenvalue weighted by molar-refractivity contribution is 5.56. The number of nitro groups is 1. The van der Waals surface area contributed by atoms with E-state index < -0.39 is 4.92 Å². The van der Waals surface area contributed by atoms with Crippen LogP contribution >= 0.6 is 0 Å². The molecule has 0 spiro atoms. The topological polar surface area (TPSA) is 67.9 Å². The Balaban J connectivity index is 2.32. The largest absolute Gasteiger partial charge is 0.296 e. The summed E-state index contributed by atoms with van der Waals surface area (Å²) in [6.07, 6.45) is 0. The molecular formula is C16H17N3O2. The second-order valence-electron chi connectivity index (χ2n) is 5.06. The highest BCUT2D eigenvalue weighted by atomic mass is 16.6. The minimum Gasteiger partial charge on any atom is -0.258 e. The number of rotatable bonds is 5. The highest BCUT2D eigenvalue weighted by Crippen LogP contribution is 2.31. The summed E-state index contributed by atoms with van der Waals surface area (Å²) in [5.74, 6) is 0.249. The molecule has 0 fully saturated rings. The molecule has 0 saturated heterocycles. The summed E-state index contributed by atoms with van der Waals surface area (Å²) < 4.78 is 0. The molecular weight excluding hydrogens is 266 g/mol. The van der Waals surface area contributed by atoms with Crippen molar-refractivity contribution >= 4 is 11.4 Å². The molecule has 2 aromatic carbocycles. The van der Waals surface area contributed by atoms with Crippen molar-refractivity contribution in [2.45, 2.75) is 19.9 Å². The average Bonchev–Trinajstić information content (AvgIpc) is 2.48. The Morgan fingerprint density at radius 3 is 2.24 bits per heavy atom. The summed E-state index contributed by atoms with van der Waals surface area (Å²) in [6, 6.07) is 16.1. The van der Waals surface area contributed by atoms with Gasteiger partial charge in [-0.25, -0.2) is 0 Å². The standard InChI is InChI=1S/C16H17N3O2/c1-12(2)16(13-8-4-3-5-9-13)18-17-14-10-6-7-11-15(14)19(20)21/h3-12,16H,1-2H3. The quantitative estimate of drug-likeness (QED) is 0.436. The monoisotopic (exact) mass is 283 g/mol. The lowest BCUT2D eigenvalue weighted by Gasteiger charge is -2.15. The number of hydrogen-bond donors (Lipinski definition) is 0. The SMILES string of the molecule is CC(C)C(N=Nc1ccccc1[N+](=O)[O-])c1ccccc1. The average molecular weight is 283 g/mol. The first-order valence-electron chi connectivity index (χ1n) is 6.79. The first-order valence-corrected chi connectivity index (χ1v) is 6.79. The first-order chi connectivity index (χ1) is 10.1. The molecule has 0 radical (unpaired) electrons. The first kappa shape index (κ1) is 14.8. The van der Waals surface area contributed by atoms with E-state index in [9.17, 15) is 10.1 Å². The van der Waals surface area contributed by atoms with Crippen LogP contribution in [-0.4, -0.2) is 4.92 Å². The van der Waals surface area contributed by atoms with Crippen molar-refractivity contribution in [3.63, 3.8) is 0 Å². The third kappa shape index (κ3) is 3.72. The molecule has 0 N–H and O–H groups in total. The Morgan fingerprint density at radius 2 is 1.62 bits per heavy atom. The fourth-order valence-corrected chi connectivity index (χ4v) is 2.06. The zero-order chi connectivity index (χ0) is 15.2. The Labute approximate surface area is 123 Å². The number of nitro benzene ring substituents is 1. The van der Waals surface area contributed by atoms with Crippen LogP contribution in [0.3, 0.4) is 0 Å². The minimum atomic E-state index is -0.443. The van der Waals surface area contributed by atoms with Crippen molar-refractivity contribution in [2.24, 2.45) is 16.1 Å². The van der Waals surface area contributed by atoms with E-state index in [2.05, 4.69) is 24.1 Å². The Bertz CT molecular complexity index is 639. The highest BCUT2D eigenvalue weighted by Gasteiger charge is 2.16. The molecule has 21 heavy (non-hydrogen) atoms. The molecule has 5 nitrogen and oxygen atoms in total. The molecule has 0 heterocycles. The minimum absolute atomic E-state index is 0.0307. The molecule has 0 saturated carbocycles. The molecule has 5 heteroatoms. The fraction of sp³-hybridized carbons (Fsp3) is 0.250. The van der Waals surface area contributed by atoms with Crippen molar-refractivity contribution < 1.29 is 4.92 Å². The van der Waals surface area contributed by atoms with Gasteiger partial charge >= 0.3 is 0 Å². The lowest BCUT2D eigenvalue weighted by molar-refractivity contribution is -0.384. The molecule has 0 aliphatic rings. The van der Waals surface area contributed by atoms with Crippen LogP contribution in [-0.2, 0) is 0 Å². The van der Waals surface area contributed by atoms with E-state index in [-0.39, 0.29) is 23.3 Å². The molecule has 2 aromatic rings. The number of benzene rings is 2. The summed E-state index contributed by atoms with van der Waals surface area (Å²) in [6.45, 7) is 4.10. The van der Waals surface area contributed by atoms with Gasteiger partial charge in [-0.3, -0.25) is 10.1 Å². The third-order valence-electron chi connectivity index (χ3n) is 3.14. The van der Waals surface area contributed by atoms with Gasteiger partial charge in [0.05, 0.1) is 11.0 Å². The van der Waals surface area contributed by atoms with Crippen molar-refractivity contribution in [1.82, 2.24) is 0 Å². The zero-order valence-corrected chi connectivity index (χ0v) is 12.0. The number of para-hydroxylation sites is 1. The van der Waals surface area contributed by atoms with Gasteiger partial charge in [0.2, 0.25) is 0 Å². The third-order valence-corrected chi connectivity index (χ3v) is 3.14. The van der Waals surface area contributed by atoms with E-state index in [0.29, 0.717) is 0 Å². The number of nitrogens with zero attached hydrogens (tertiary/aromatic N) is 3. The van der Waals surface area contributed by atoms with E-state index in [0.717, 1.165) is 5.56 Å². The molecule has 1 unspecified atom stereocenters. The lowest BCUT2D eigenvalue weighted by Crippen LogP contribution is -2.03. The van der Waals surface area contributed by atoms with Crippen LogP contribution in [0, 0.1) is 16.0 Å². The van der Waals surface area contributed by atoms with Gasteiger partial charge in [-0.15, -0.1) is 5.11 Å². The second-order valence-corrected chi connectivity index (χ2v) is 5.06. The zero-order valence-electron chi connectivity index (χ0n) is 12.0.